The fraction of sp³-hybridized carbons (Fsp3) is 0.261. The van der Waals surface area contributed by atoms with Crippen LogP contribution >= 0.6 is 0 Å². The van der Waals surface area contributed by atoms with E-state index in [0.29, 0.717) is 0 Å². The first-order valence-corrected chi connectivity index (χ1v) is 9.04. The lowest BCUT2D eigenvalue weighted by molar-refractivity contribution is -0.122. The van der Waals surface area contributed by atoms with Crippen molar-refractivity contribution in [1.82, 2.24) is 5.32 Å². The quantitative estimate of drug-likeness (QED) is 0.682. The fourth-order valence-corrected chi connectivity index (χ4v) is 3.23. The predicted octanol–water partition coefficient (Wildman–Crippen LogP) is 4.84. The minimum atomic E-state index is -0.256. The molecule has 3 rings (SSSR count). The van der Waals surface area contributed by atoms with Crippen LogP contribution in [0.4, 0.5) is 0 Å². The molecular formula is C23H25NO3. The number of nitrogens with one attached hydrogen (secondary N) is 1. The van der Waals surface area contributed by atoms with E-state index in [-0.39, 0.29) is 17.9 Å². The number of ether oxygens (including phenoxy) is 2. The molecule has 0 aliphatic heterocycles. The molecule has 0 saturated carbocycles. The van der Waals surface area contributed by atoms with E-state index in [1.807, 2.05) is 68.4 Å². The molecule has 0 bridgehead atoms. The number of benzene rings is 3. The van der Waals surface area contributed by atoms with Gasteiger partial charge in [-0.25, -0.2) is 0 Å². The second kappa shape index (κ2) is 8.12. The lowest BCUT2D eigenvalue weighted by atomic mass is 9.96. The Morgan fingerprint density at radius 1 is 0.889 bits per heavy atom. The van der Waals surface area contributed by atoms with Crippen molar-refractivity contribution in [3.63, 3.8) is 0 Å². The summed E-state index contributed by atoms with van der Waals surface area (Å²) in [5.74, 6) is 1.33. The minimum Gasteiger partial charge on any atom is -0.497 e. The average molecular weight is 363 g/mol. The summed E-state index contributed by atoms with van der Waals surface area (Å²) in [5.41, 5.74) is 1.95. The monoisotopic (exact) mass is 363 g/mol. The number of para-hydroxylation sites is 1. The molecule has 3 aromatic rings. The van der Waals surface area contributed by atoms with E-state index < -0.39 is 0 Å². The van der Waals surface area contributed by atoms with Crippen LogP contribution in [0.2, 0.25) is 0 Å². The molecule has 27 heavy (non-hydrogen) atoms. The maximum absolute atomic E-state index is 12.8. The Hall–Kier alpha value is -3.01. The highest BCUT2D eigenvalue weighted by atomic mass is 16.5. The van der Waals surface area contributed by atoms with Crippen LogP contribution in [0.25, 0.3) is 10.8 Å². The van der Waals surface area contributed by atoms with E-state index in [1.54, 1.807) is 14.2 Å². The van der Waals surface area contributed by atoms with Crippen LogP contribution in [0.5, 0.6) is 11.5 Å². The second-order valence-corrected chi connectivity index (χ2v) is 6.67. The van der Waals surface area contributed by atoms with Crippen molar-refractivity contribution in [3.8, 4) is 11.5 Å². The van der Waals surface area contributed by atoms with Gasteiger partial charge in [-0.2, -0.15) is 0 Å². The molecule has 0 unspecified atom stereocenters. The maximum atomic E-state index is 12.8. The van der Waals surface area contributed by atoms with Gasteiger partial charge in [-0.15, -0.1) is 0 Å². The van der Waals surface area contributed by atoms with E-state index in [0.717, 1.165) is 33.4 Å². The van der Waals surface area contributed by atoms with E-state index in [4.69, 9.17) is 9.47 Å². The van der Waals surface area contributed by atoms with Crippen molar-refractivity contribution in [3.05, 3.63) is 71.8 Å². The summed E-state index contributed by atoms with van der Waals surface area (Å²) in [6.45, 7) is 3.89. The number of fused-ring (bicyclic) bond motifs is 1. The topological polar surface area (TPSA) is 47.6 Å². The van der Waals surface area contributed by atoms with Gasteiger partial charge < -0.3 is 14.8 Å². The Balaban J connectivity index is 1.77. The van der Waals surface area contributed by atoms with E-state index >= 15 is 0 Å². The Morgan fingerprint density at radius 2 is 1.59 bits per heavy atom. The van der Waals surface area contributed by atoms with Crippen LogP contribution in [0.1, 0.15) is 36.9 Å². The van der Waals surface area contributed by atoms with E-state index in [2.05, 4.69) is 11.4 Å². The number of carbonyl (C=O) groups is 1. The van der Waals surface area contributed by atoms with Gasteiger partial charge in [0, 0.05) is 5.56 Å². The smallest absolute Gasteiger partial charge is 0.227 e. The van der Waals surface area contributed by atoms with Crippen molar-refractivity contribution in [1.29, 1.82) is 0 Å². The van der Waals surface area contributed by atoms with Crippen LogP contribution in [0.15, 0.2) is 60.7 Å². The SMILES string of the molecule is COc1ccc2cc([C@H](C)C(=O)N[C@H](C)c3ccccc3OC)ccc2c1. The molecule has 4 heteroatoms. The van der Waals surface area contributed by atoms with Crippen LogP contribution < -0.4 is 14.8 Å². The number of methoxy groups -OCH3 is 2. The number of carbonyl (C=O) groups excluding carboxylic acids is 1. The van der Waals surface area contributed by atoms with Crippen molar-refractivity contribution in [2.75, 3.05) is 14.2 Å². The lowest BCUT2D eigenvalue weighted by Gasteiger charge is -2.20. The highest BCUT2D eigenvalue weighted by molar-refractivity contribution is 5.88. The van der Waals surface area contributed by atoms with Gasteiger partial charge in [-0.1, -0.05) is 42.5 Å². The fourth-order valence-electron chi connectivity index (χ4n) is 3.23. The molecule has 1 amide bonds. The van der Waals surface area contributed by atoms with Gasteiger partial charge in [0.15, 0.2) is 0 Å². The summed E-state index contributed by atoms with van der Waals surface area (Å²) in [5, 5.41) is 5.28. The van der Waals surface area contributed by atoms with Gasteiger partial charge in [-0.3, -0.25) is 4.79 Å². The number of rotatable bonds is 6. The second-order valence-electron chi connectivity index (χ2n) is 6.67. The number of hydrogen-bond acceptors (Lipinski definition) is 3. The van der Waals surface area contributed by atoms with Gasteiger partial charge >= 0.3 is 0 Å². The first-order valence-electron chi connectivity index (χ1n) is 9.04. The minimum absolute atomic E-state index is 0.0127. The third-order valence-corrected chi connectivity index (χ3v) is 4.93. The highest BCUT2D eigenvalue weighted by Gasteiger charge is 2.19. The molecule has 0 fully saturated rings. The Kier molecular flexibility index (Phi) is 5.65. The van der Waals surface area contributed by atoms with Gasteiger partial charge in [0.05, 0.1) is 26.2 Å². The molecule has 0 aromatic heterocycles. The summed E-state index contributed by atoms with van der Waals surface area (Å²) in [6, 6.07) is 19.6. The summed E-state index contributed by atoms with van der Waals surface area (Å²) in [7, 11) is 3.30. The normalized spacial score (nSPS) is 13.0. The third kappa shape index (κ3) is 4.05. The first kappa shape index (κ1) is 18.8. The van der Waals surface area contributed by atoms with Crippen LogP contribution in [0, 0.1) is 0 Å². The molecule has 1 N–H and O–H groups in total. The summed E-state index contributed by atoms with van der Waals surface area (Å²) >= 11 is 0. The molecule has 0 saturated heterocycles. The van der Waals surface area contributed by atoms with Crippen molar-refractivity contribution < 1.29 is 14.3 Å². The number of hydrogen-bond donors (Lipinski definition) is 1. The zero-order valence-corrected chi connectivity index (χ0v) is 16.2. The maximum Gasteiger partial charge on any atom is 0.227 e. The molecule has 140 valence electrons. The van der Waals surface area contributed by atoms with Crippen LogP contribution in [0.3, 0.4) is 0 Å². The summed E-state index contributed by atoms with van der Waals surface area (Å²) < 4.78 is 10.7. The van der Waals surface area contributed by atoms with Gasteiger partial charge in [0.2, 0.25) is 5.91 Å². The average Bonchev–Trinajstić information content (AvgIpc) is 2.72. The molecule has 0 heterocycles. The largest absolute Gasteiger partial charge is 0.497 e. The standard InChI is InChI=1S/C23H25NO3/c1-15(17-9-10-19-14-20(26-3)12-11-18(19)13-17)23(25)24-16(2)21-7-5-6-8-22(21)27-4/h5-16H,1-4H3,(H,24,25)/t15-,16+/m0/s1. The molecule has 2 atom stereocenters. The van der Waals surface area contributed by atoms with Crippen molar-refractivity contribution in [2.45, 2.75) is 25.8 Å². The third-order valence-electron chi connectivity index (χ3n) is 4.93. The van der Waals surface area contributed by atoms with Gasteiger partial charge in [0.1, 0.15) is 11.5 Å². The van der Waals surface area contributed by atoms with Crippen molar-refractivity contribution in [2.24, 2.45) is 0 Å². The van der Waals surface area contributed by atoms with Gasteiger partial charge in [0.25, 0.3) is 0 Å². The first-order chi connectivity index (χ1) is 13.0. The van der Waals surface area contributed by atoms with Crippen LogP contribution in [-0.2, 0) is 4.79 Å². The van der Waals surface area contributed by atoms with Crippen LogP contribution in [-0.4, -0.2) is 20.1 Å². The Bertz CT molecular complexity index is 951. The van der Waals surface area contributed by atoms with Crippen molar-refractivity contribution >= 4 is 16.7 Å². The molecule has 0 radical (unpaired) electrons. The number of amides is 1. The molecule has 0 spiro atoms. The summed E-state index contributed by atoms with van der Waals surface area (Å²) in [4.78, 5) is 12.8. The van der Waals surface area contributed by atoms with Gasteiger partial charge in [-0.05, 0) is 48.4 Å². The molecular weight excluding hydrogens is 338 g/mol. The summed E-state index contributed by atoms with van der Waals surface area (Å²) in [6.07, 6.45) is 0. The predicted molar refractivity (Wildman–Crippen MR) is 108 cm³/mol. The zero-order chi connectivity index (χ0) is 19.4. The zero-order valence-electron chi connectivity index (χ0n) is 16.2. The van der Waals surface area contributed by atoms with E-state index in [9.17, 15) is 4.79 Å². The molecule has 3 aromatic carbocycles. The highest BCUT2D eigenvalue weighted by Crippen LogP contribution is 2.27. The molecule has 0 aliphatic rings. The van der Waals surface area contributed by atoms with E-state index in [1.165, 1.54) is 0 Å². The Labute approximate surface area is 160 Å². The molecule has 4 nitrogen and oxygen atoms in total. The molecule has 0 aliphatic carbocycles. The lowest BCUT2D eigenvalue weighted by Crippen LogP contribution is -2.30. The Morgan fingerprint density at radius 3 is 2.33 bits per heavy atom.